The molecular formula is C14H24N2O. The van der Waals surface area contributed by atoms with E-state index in [1.54, 1.807) is 0 Å². The molecule has 3 N–H and O–H groups in total. The first kappa shape index (κ1) is 14.2. The van der Waals surface area contributed by atoms with Gasteiger partial charge in [0.25, 0.3) is 0 Å². The third-order valence-corrected chi connectivity index (χ3v) is 3.28. The molecule has 0 aliphatic carbocycles. The second-order valence-corrected chi connectivity index (χ2v) is 4.99. The molecule has 2 atom stereocenters. The standard InChI is InChI=1S/C14H24N2O/c1-10-6-5-7-12(11(10)2)14(17)13(15)8-9-16(3)4/h5-7,13-14,17H,8-9,15H2,1-4H3. The average Bonchev–Trinajstić information content (AvgIpc) is 2.28. The highest BCUT2D eigenvalue weighted by Gasteiger charge is 2.19. The summed E-state index contributed by atoms with van der Waals surface area (Å²) in [6.07, 6.45) is 0.219. The highest BCUT2D eigenvalue weighted by molar-refractivity contribution is 5.35. The van der Waals surface area contributed by atoms with E-state index in [2.05, 4.69) is 17.9 Å². The summed E-state index contributed by atoms with van der Waals surface area (Å²) in [6.45, 7) is 4.98. The first-order chi connectivity index (χ1) is 7.93. The van der Waals surface area contributed by atoms with Crippen LogP contribution in [0.5, 0.6) is 0 Å². The Kier molecular flexibility index (Phi) is 5.12. The summed E-state index contributed by atoms with van der Waals surface area (Å²) in [6, 6.07) is 5.77. The van der Waals surface area contributed by atoms with E-state index in [-0.39, 0.29) is 6.04 Å². The predicted molar refractivity (Wildman–Crippen MR) is 72.0 cm³/mol. The van der Waals surface area contributed by atoms with Gasteiger partial charge < -0.3 is 15.7 Å². The smallest absolute Gasteiger partial charge is 0.0943 e. The number of nitrogens with two attached hydrogens (primary N) is 1. The molecule has 0 aliphatic heterocycles. The van der Waals surface area contributed by atoms with Crippen LogP contribution in [-0.4, -0.2) is 36.7 Å². The van der Waals surface area contributed by atoms with E-state index in [9.17, 15) is 5.11 Å². The molecule has 0 fully saturated rings. The molecule has 3 heteroatoms. The van der Waals surface area contributed by atoms with Crippen LogP contribution in [0.15, 0.2) is 18.2 Å². The van der Waals surface area contributed by atoms with Gasteiger partial charge in [0, 0.05) is 6.04 Å². The van der Waals surface area contributed by atoms with Crippen LogP contribution in [0.1, 0.15) is 29.2 Å². The van der Waals surface area contributed by atoms with Gasteiger partial charge in [-0.15, -0.1) is 0 Å². The highest BCUT2D eigenvalue weighted by atomic mass is 16.3. The van der Waals surface area contributed by atoms with Crippen LogP contribution >= 0.6 is 0 Å². The number of hydrogen-bond donors (Lipinski definition) is 2. The summed E-state index contributed by atoms with van der Waals surface area (Å²) in [4.78, 5) is 2.08. The molecule has 0 saturated heterocycles. The minimum Gasteiger partial charge on any atom is -0.387 e. The van der Waals surface area contributed by atoms with Crippen molar-refractivity contribution >= 4 is 0 Å². The summed E-state index contributed by atoms with van der Waals surface area (Å²) in [7, 11) is 4.02. The maximum atomic E-state index is 10.3. The van der Waals surface area contributed by atoms with E-state index < -0.39 is 6.10 Å². The molecule has 0 radical (unpaired) electrons. The van der Waals surface area contributed by atoms with Gasteiger partial charge in [-0.3, -0.25) is 0 Å². The molecule has 0 bridgehead atoms. The summed E-state index contributed by atoms with van der Waals surface area (Å²) in [5.74, 6) is 0. The van der Waals surface area contributed by atoms with Gasteiger partial charge in [-0.25, -0.2) is 0 Å². The summed E-state index contributed by atoms with van der Waals surface area (Å²) in [5, 5.41) is 10.3. The molecule has 0 amide bonds. The molecule has 2 unspecified atom stereocenters. The van der Waals surface area contributed by atoms with E-state index in [0.717, 1.165) is 24.1 Å². The topological polar surface area (TPSA) is 49.5 Å². The molecule has 0 heterocycles. The van der Waals surface area contributed by atoms with Crippen molar-refractivity contribution in [2.24, 2.45) is 5.73 Å². The minimum atomic E-state index is -0.574. The largest absolute Gasteiger partial charge is 0.387 e. The Bertz CT molecular complexity index is 363. The van der Waals surface area contributed by atoms with Crippen LogP contribution in [0.4, 0.5) is 0 Å². The van der Waals surface area contributed by atoms with Crippen molar-refractivity contribution < 1.29 is 5.11 Å². The lowest BCUT2D eigenvalue weighted by atomic mass is 9.94. The second kappa shape index (κ2) is 6.15. The Morgan fingerprint density at radius 3 is 2.53 bits per heavy atom. The summed E-state index contributed by atoms with van der Waals surface area (Å²) in [5.41, 5.74) is 9.33. The fourth-order valence-corrected chi connectivity index (χ4v) is 1.89. The lowest BCUT2D eigenvalue weighted by molar-refractivity contribution is 0.137. The van der Waals surface area contributed by atoms with Gasteiger partial charge in [0.05, 0.1) is 6.10 Å². The maximum absolute atomic E-state index is 10.3. The zero-order chi connectivity index (χ0) is 13.0. The molecule has 1 aromatic rings. The number of nitrogens with zero attached hydrogens (tertiary/aromatic N) is 1. The number of rotatable bonds is 5. The van der Waals surface area contributed by atoms with Crippen molar-refractivity contribution in [2.45, 2.75) is 32.4 Å². The van der Waals surface area contributed by atoms with Gasteiger partial charge in [-0.1, -0.05) is 18.2 Å². The number of hydrogen-bond acceptors (Lipinski definition) is 3. The van der Waals surface area contributed by atoms with Crippen molar-refractivity contribution in [1.29, 1.82) is 0 Å². The van der Waals surface area contributed by atoms with Gasteiger partial charge in [0.1, 0.15) is 0 Å². The summed E-state index contributed by atoms with van der Waals surface area (Å²) < 4.78 is 0. The second-order valence-electron chi connectivity index (χ2n) is 4.99. The van der Waals surface area contributed by atoms with Gasteiger partial charge in [0.15, 0.2) is 0 Å². The normalized spacial score (nSPS) is 15.0. The van der Waals surface area contributed by atoms with E-state index >= 15 is 0 Å². The number of aryl methyl sites for hydroxylation is 1. The Labute approximate surface area is 104 Å². The predicted octanol–water partition coefficient (Wildman–Crippen LogP) is 1.62. The van der Waals surface area contributed by atoms with E-state index in [4.69, 9.17) is 5.73 Å². The highest BCUT2D eigenvalue weighted by Crippen LogP contribution is 2.23. The lowest BCUT2D eigenvalue weighted by Crippen LogP contribution is -2.32. The molecule has 96 valence electrons. The van der Waals surface area contributed by atoms with Crippen molar-refractivity contribution in [1.82, 2.24) is 4.90 Å². The summed E-state index contributed by atoms with van der Waals surface area (Å²) >= 11 is 0. The van der Waals surface area contributed by atoms with Gasteiger partial charge in [-0.2, -0.15) is 0 Å². The zero-order valence-corrected chi connectivity index (χ0v) is 11.3. The van der Waals surface area contributed by atoms with Crippen LogP contribution in [0, 0.1) is 13.8 Å². The average molecular weight is 236 g/mol. The van der Waals surface area contributed by atoms with Gasteiger partial charge in [-0.05, 0) is 57.6 Å². The van der Waals surface area contributed by atoms with Gasteiger partial charge >= 0.3 is 0 Å². The monoisotopic (exact) mass is 236 g/mol. The Balaban J connectivity index is 2.74. The molecule has 3 nitrogen and oxygen atoms in total. The Morgan fingerprint density at radius 2 is 1.94 bits per heavy atom. The Morgan fingerprint density at radius 1 is 1.29 bits per heavy atom. The minimum absolute atomic E-state index is 0.210. The molecule has 0 saturated carbocycles. The van der Waals surface area contributed by atoms with E-state index in [1.165, 1.54) is 5.56 Å². The van der Waals surface area contributed by atoms with Crippen LogP contribution in [0.25, 0.3) is 0 Å². The SMILES string of the molecule is Cc1cccc(C(O)C(N)CCN(C)C)c1C. The molecular weight excluding hydrogens is 212 g/mol. The van der Waals surface area contributed by atoms with Crippen LogP contribution in [0.2, 0.25) is 0 Å². The maximum Gasteiger partial charge on any atom is 0.0943 e. The van der Waals surface area contributed by atoms with Crippen molar-refractivity contribution in [3.63, 3.8) is 0 Å². The molecule has 0 aliphatic rings. The number of aliphatic hydroxyl groups is 1. The first-order valence-corrected chi connectivity index (χ1v) is 6.08. The molecule has 0 aromatic heterocycles. The quantitative estimate of drug-likeness (QED) is 0.816. The van der Waals surface area contributed by atoms with E-state index in [0.29, 0.717) is 0 Å². The van der Waals surface area contributed by atoms with Crippen LogP contribution < -0.4 is 5.73 Å². The van der Waals surface area contributed by atoms with Crippen LogP contribution in [-0.2, 0) is 0 Å². The van der Waals surface area contributed by atoms with E-state index in [1.807, 2.05) is 33.2 Å². The molecule has 17 heavy (non-hydrogen) atoms. The number of benzene rings is 1. The molecule has 1 rings (SSSR count). The third-order valence-electron chi connectivity index (χ3n) is 3.28. The van der Waals surface area contributed by atoms with Crippen molar-refractivity contribution in [2.75, 3.05) is 20.6 Å². The fraction of sp³-hybridized carbons (Fsp3) is 0.571. The van der Waals surface area contributed by atoms with Gasteiger partial charge in [0.2, 0.25) is 0 Å². The van der Waals surface area contributed by atoms with Crippen molar-refractivity contribution in [3.05, 3.63) is 34.9 Å². The molecule has 0 spiro atoms. The lowest BCUT2D eigenvalue weighted by Gasteiger charge is -2.23. The molecule has 1 aromatic carbocycles. The van der Waals surface area contributed by atoms with Crippen molar-refractivity contribution in [3.8, 4) is 0 Å². The third kappa shape index (κ3) is 3.80. The Hall–Kier alpha value is -0.900. The fourth-order valence-electron chi connectivity index (χ4n) is 1.89. The number of aliphatic hydroxyl groups excluding tert-OH is 1. The first-order valence-electron chi connectivity index (χ1n) is 6.08. The zero-order valence-electron chi connectivity index (χ0n) is 11.3. The van der Waals surface area contributed by atoms with Crippen LogP contribution in [0.3, 0.4) is 0 Å².